The van der Waals surface area contributed by atoms with Gasteiger partial charge in [-0.15, -0.1) is 0 Å². The summed E-state index contributed by atoms with van der Waals surface area (Å²) in [6.45, 7) is 1.91. The number of hydrogen-bond acceptors (Lipinski definition) is 5. The van der Waals surface area contributed by atoms with Gasteiger partial charge in [0.05, 0.1) is 25.0 Å². The number of hydrogen-bond donors (Lipinski definition) is 1. The molecule has 1 heterocycles. The molecule has 0 radical (unpaired) electrons. The Bertz CT molecular complexity index is 672. The molecule has 1 aromatic rings. The van der Waals surface area contributed by atoms with Crippen molar-refractivity contribution in [2.24, 2.45) is 11.8 Å². The second-order valence-electron chi connectivity index (χ2n) is 5.26. The normalized spacial score (nSPS) is 22.5. The maximum atomic E-state index is 12.7. The highest BCUT2D eigenvalue weighted by atomic mass is 32.2. The van der Waals surface area contributed by atoms with E-state index in [2.05, 4.69) is 0 Å². The summed E-state index contributed by atoms with van der Waals surface area (Å²) >= 11 is 0. The molecule has 0 amide bonds. The topological polar surface area (TPSA) is 93.1 Å². The lowest BCUT2D eigenvalue weighted by atomic mass is 9.99. The lowest BCUT2D eigenvalue weighted by Gasteiger charge is -2.17. The van der Waals surface area contributed by atoms with E-state index in [1.165, 1.54) is 36.7 Å². The molecule has 7 nitrogen and oxygen atoms in total. The van der Waals surface area contributed by atoms with Crippen molar-refractivity contribution in [2.45, 2.75) is 11.8 Å². The Morgan fingerprint density at radius 2 is 1.86 bits per heavy atom. The number of carboxylic acids is 1. The number of carbonyl (C=O) groups is 1. The quantitative estimate of drug-likeness (QED) is 0.868. The molecule has 1 aliphatic rings. The SMILES string of the molecule is COc1ccc(S(=O)(=O)N2C[C@@H](C)[C@H](C(=O)O)C2)cc1OC. The number of aliphatic carboxylic acids is 1. The molecular weight excluding hydrogens is 310 g/mol. The largest absolute Gasteiger partial charge is 0.493 e. The lowest BCUT2D eigenvalue weighted by molar-refractivity contribution is -0.142. The maximum absolute atomic E-state index is 12.7. The maximum Gasteiger partial charge on any atom is 0.308 e. The summed E-state index contributed by atoms with van der Waals surface area (Å²) in [7, 11) is -0.874. The van der Waals surface area contributed by atoms with Gasteiger partial charge in [0.25, 0.3) is 0 Å². The molecule has 0 unspecified atom stereocenters. The van der Waals surface area contributed by atoms with Crippen LogP contribution in [0.15, 0.2) is 23.1 Å². The molecule has 8 heteroatoms. The van der Waals surface area contributed by atoms with Crippen LogP contribution in [0.1, 0.15) is 6.92 Å². The van der Waals surface area contributed by atoms with Gasteiger partial charge in [0.1, 0.15) is 0 Å². The standard InChI is InChI=1S/C14H19NO6S/c1-9-7-15(8-11(9)14(16)17)22(18,19)10-4-5-12(20-2)13(6-10)21-3/h4-6,9,11H,7-8H2,1-3H3,(H,16,17)/t9-,11-/m1/s1. The van der Waals surface area contributed by atoms with Gasteiger partial charge in [0.2, 0.25) is 10.0 Å². The van der Waals surface area contributed by atoms with Crippen LogP contribution in [-0.4, -0.2) is 51.1 Å². The first-order chi connectivity index (χ1) is 10.3. The highest BCUT2D eigenvalue weighted by Gasteiger charge is 2.40. The molecule has 1 fully saturated rings. The summed E-state index contributed by atoms with van der Waals surface area (Å²) in [4.78, 5) is 11.2. The first-order valence-corrected chi connectivity index (χ1v) is 8.20. The summed E-state index contributed by atoms with van der Waals surface area (Å²) in [5, 5.41) is 9.13. The minimum atomic E-state index is -3.76. The summed E-state index contributed by atoms with van der Waals surface area (Å²) in [5.74, 6) is -1.15. The number of nitrogens with zero attached hydrogens (tertiary/aromatic N) is 1. The van der Waals surface area contributed by atoms with Crippen molar-refractivity contribution >= 4 is 16.0 Å². The van der Waals surface area contributed by atoms with Gasteiger partial charge in [-0.2, -0.15) is 4.31 Å². The van der Waals surface area contributed by atoms with E-state index in [1.807, 2.05) is 0 Å². The van der Waals surface area contributed by atoms with Gasteiger partial charge < -0.3 is 14.6 Å². The van der Waals surface area contributed by atoms with Crippen molar-refractivity contribution in [3.05, 3.63) is 18.2 Å². The number of rotatable bonds is 5. The monoisotopic (exact) mass is 329 g/mol. The van der Waals surface area contributed by atoms with Crippen LogP contribution in [0.5, 0.6) is 11.5 Å². The Balaban J connectivity index is 2.34. The fraction of sp³-hybridized carbons (Fsp3) is 0.500. The Morgan fingerprint density at radius 1 is 1.23 bits per heavy atom. The van der Waals surface area contributed by atoms with Crippen molar-refractivity contribution in [1.29, 1.82) is 0 Å². The predicted molar refractivity (Wildman–Crippen MR) is 78.6 cm³/mol. The molecule has 22 heavy (non-hydrogen) atoms. The zero-order chi connectivity index (χ0) is 16.5. The molecule has 1 N–H and O–H groups in total. The minimum Gasteiger partial charge on any atom is -0.493 e. The van der Waals surface area contributed by atoms with E-state index in [0.717, 1.165) is 0 Å². The molecule has 0 bridgehead atoms. The Labute approximate surface area is 129 Å². The molecule has 0 saturated carbocycles. The van der Waals surface area contributed by atoms with Crippen molar-refractivity contribution < 1.29 is 27.8 Å². The van der Waals surface area contributed by atoms with Crippen LogP contribution in [-0.2, 0) is 14.8 Å². The van der Waals surface area contributed by atoms with Crippen molar-refractivity contribution in [3.8, 4) is 11.5 Å². The van der Waals surface area contributed by atoms with Crippen LogP contribution in [0, 0.1) is 11.8 Å². The molecule has 1 aliphatic heterocycles. The molecule has 0 aliphatic carbocycles. The second-order valence-corrected chi connectivity index (χ2v) is 7.20. The summed E-state index contributed by atoms with van der Waals surface area (Å²) in [5.41, 5.74) is 0. The highest BCUT2D eigenvalue weighted by Crippen LogP contribution is 2.33. The minimum absolute atomic E-state index is 0.0207. The van der Waals surface area contributed by atoms with Gasteiger partial charge in [-0.05, 0) is 18.1 Å². The average molecular weight is 329 g/mol. The Kier molecular flexibility index (Phi) is 4.62. The number of ether oxygens (including phenoxy) is 2. The smallest absolute Gasteiger partial charge is 0.308 e. The molecule has 1 saturated heterocycles. The van der Waals surface area contributed by atoms with Crippen LogP contribution in [0.2, 0.25) is 0 Å². The lowest BCUT2D eigenvalue weighted by Crippen LogP contribution is -2.30. The third-order valence-corrected chi connectivity index (χ3v) is 5.72. The first kappa shape index (κ1) is 16.6. The van der Waals surface area contributed by atoms with E-state index in [4.69, 9.17) is 14.6 Å². The second kappa shape index (κ2) is 6.13. The zero-order valence-corrected chi connectivity index (χ0v) is 13.5. The number of methoxy groups -OCH3 is 2. The third-order valence-electron chi connectivity index (χ3n) is 3.89. The third kappa shape index (κ3) is 2.89. The molecule has 2 rings (SSSR count). The molecule has 1 aromatic carbocycles. The van der Waals surface area contributed by atoms with Gasteiger partial charge in [-0.1, -0.05) is 6.92 Å². The van der Waals surface area contributed by atoms with Gasteiger partial charge in [-0.3, -0.25) is 4.79 Å². The van der Waals surface area contributed by atoms with E-state index in [-0.39, 0.29) is 23.9 Å². The van der Waals surface area contributed by atoms with E-state index >= 15 is 0 Å². The average Bonchev–Trinajstić information content (AvgIpc) is 2.89. The summed E-state index contributed by atoms with van der Waals surface area (Å²) in [6.07, 6.45) is 0. The van der Waals surface area contributed by atoms with Gasteiger partial charge >= 0.3 is 5.97 Å². The van der Waals surface area contributed by atoms with Crippen LogP contribution < -0.4 is 9.47 Å². The van der Waals surface area contributed by atoms with Crippen LogP contribution in [0.4, 0.5) is 0 Å². The Hall–Kier alpha value is -1.80. The van der Waals surface area contributed by atoms with Gasteiger partial charge in [0.15, 0.2) is 11.5 Å². The van der Waals surface area contributed by atoms with Crippen LogP contribution in [0.25, 0.3) is 0 Å². The summed E-state index contributed by atoms with van der Waals surface area (Å²) in [6, 6.07) is 4.32. The van der Waals surface area contributed by atoms with Gasteiger partial charge in [0, 0.05) is 19.2 Å². The number of carboxylic acid groups (broad SMARTS) is 1. The molecular formula is C14H19NO6S. The molecule has 122 valence electrons. The van der Waals surface area contributed by atoms with E-state index in [0.29, 0.717) is 11.5 Å². The fourth-order valence-electron chi connectivity index (χ4n) is 2.57. The van der Waals surface area contributed by atoms with Crippen LogP contribution in [0.3, 0.4) is 0 Å². The molecule has 2 atom stereocenters. The van der Waals surface area contributed by atoms with E-state index < -0.39 is 21.9 Å². The summed E-state index contributed by atoms with van der Waals surface area (Å²) < 4.78 is 36.7. The predicted octanol–water partition coefficient (Wildman–Crippen LogP) is 1.04. The Morgan fingerprint density at radius 3 is 2.36 bits per heavy atom. The number of sulfonamides is 1. The number of benzene rings is 1. The highest BCUT2D eigenvalue weighted by molar-refractivity contribution is 7.89. The van der Waals surface area contributed by atoms with E-state index in [9.17, 15) is 13.2 Å². The van der Waals surface area contributed by atoms with Crippen molar-refractivity contribution in [2.75, 3.05) is 27.3 Å². The molecule has 0 aromatic heterocycles. The van der Waals surface area contributed by atoms with Crippen molar-refractivity contribution in [3.63, 3.8) is 0 Å². The van der Waals surface area contributed by atoms with Crippen LogP contribution >= 0.6 is 0 Å². The van der Waals surface area contributed by atoms with E-state index in [1.54, 1.807) is 6.92 Å². The molecule has 0 spiro atoms. The van der Waals surface area contributed by atoms with Gasteiger partial charge in [-0.25, -0.2) is 8.42 Å². The first-order valence-electron chi connectivity index (χ1n) is 6.76. The fourth-order valence-corrected chi connectivity index (χ4v) is 4.15. The van der Waals surface area contributed by atoms with Crippen molar-refractivity contribution in [1.82, 2.24) is 4.31 Å². The zero-order valence-electron chi connectivity index (χ0n) is 12.6.